The molecule has 1 atom stereocenters. The van der Waals surface area contributed by atoms with E-state index in [-0.39, 0.29) is 6.10 Å². The highest BCUT2D eigenvalue weighted by molar-refractivity contribution is 5.47. The first-order valence-corrected chi connectivity index (χ1v) is 6.65. The van der Waals surface area contributed by atoms with Crippen molar-refractivity contribution < 1.29 is 9.47 Å². The standard InChI is InChI=1S/C13H24N4O2/c1-5-14-11-7-12(15-8-10(3)19-6-2)17-13(16-11)9-18-4/h7,10H,5-6,8-9H2,1-4H3,(H2,14,15,16,17). The third-order valence-electron chi connectivity index (χ3n) is 2.43. The minimum Gasteiger partial charge on any atom is -0.377 e. The summed E-state index contributed by atoms with van der Waals surface area (Å²) in [6, 6.07) is 1.89. The van der Waals surface area contributed by atoms with E-state index in [1.54, 1.807) is 7.11 Å². The van der Waals surface area contributed by atoms with Crippen molar-refractivity contribution in [3.8, 4) is 0 Å². The Bertz CT molecular complexity index is 349. The fourth-order valence-electron chi connectivity index (χ4n) is 1.64. The van der Waals surface area contributed by atoms with Gasteiger partial charge in [-0.05, 0) is 20.8 Å². The van der Waals surface area contributed by atoms with Gasteiger partial charge in [0.15, 0.2) is 5.82 Å². The number of nitrogens with one attached hydrogen (secondary N) is 2. The third kappa shape index (κ3) is 5.85. The predicted octanol–water partition coefficient (Wildman–Crippen LogP) is 1.89. The second kappa shape index (κ2) is 8.66. The van der Waals surface area contributed by atoms with Crippen molar-refractivity contribution in [2.24, 2.45) is 0 Å². The molecule has 0 bridgehead atoms. The minimum absolute atomic E-state index is 0.147. The topological polar surface area (TPSA) is 68.3 Å². The zero-order chi connectivity index (χ0) is 14.1. The van der Waals surface area contributed by atoms with Gasteiger partial charge in [-0.3, -0.25) is 0 Å². The molecule has 1 unspecified atom stereocenters. The van der Waals surface area contributed by atoms with E-state index in [0.29, 0.717) is 25.6 Å². The number of hydrogen-bond donors (Lipinski definition) is 2. The highest BCUT2D eigenvalue weighted by atomic mass is 16.5. The minimum atomic E-state index is 0.147. The fourth-order valence-corrected chi connectivity index (χ4v) is 1.64. The number of nitrogens with zero attached hydrogens (tertiary/aromatic N) is 2. The van der Waals surface area contributed by atoms with Crippen LogP contribution in [-0.4, -0.2) is 42.9 Å². The molecule has 0 saturated carbocycles. The number of aromatic nitrogens is 2. The molecule has 2 N–H and O–H groups in total. The Labute approximate surface area is 114 Å². The number of anilines is 2. The number of ether oxygens (including phenoxy) is 2. The third-order valence-corrected chi connectivity index (χ3v) is 2.43. The molecule has 1 aromatic rings. The van der Waals surface area contributed by atoms with Crippen molar-refractivity contribution in [2.45, 2.75) is 33.5 Å². The van der Waals surface area contributed by atoms with Gasteiger partial charge in [0.25, 0.3) is 0 Å². The van der Waals surface area contributed by atoms with Crippen LogP contribution in [0.2, 0.25) is 0 Å². The van der Waals surface area contributed by atoms with E-state index in [0.717, 1.165) is 18.2 Å². The molecule has 0 radical (unpaired) electrons. The Morgan fingerprint density at radius 2 is 1.89 bits per heavy atom. The lowest BCUT2D eigenvalue weighted by Gasteiger charge is -2.14. The van der Waals surface area contributed by atoms with Crippen molar-refractivity contribution in [3.63, 3.8) is 0 Å². The van der Waals surface area contributed by atoms with Crippen LogP contribution in [0.4, 0.5) is 11.6 Å². The number of rotatable bonds is 9. The van der Waals surface area contributed by atoms with Crippen LogP contribution >= 0.6 is 0 Å². The van der Waals surface area contributed by atoms with Crippen LogP contribution < -0.4 is 10.6 Å². The Kier molecular flexibility index (Phi) is 7.14. The van der Waals surface area contributed by atoms with Gasteiger partial charge in [-0.25, -0.2) is 9.97 Å². The molecule has 6 nitrogen and oxygen atoms in total. The molecule has 0 fully saturated rings. The summed E-state index contributed by atoms with van der Waals surface area (Å²) in [5.74, 6) is 2.24. The average molecular weight is 268 g/mol. The van der Waals surface area contributed by atoms with Gasteiger partial charge in [-0.1, -0.05) is 0 Å². The summed E-state index contributed by atoms with van der Waals surface area (Å²) in [7, 11) is 1.63. The van der Waals surface area contributed by atoms with E-state index >= 15 is 0 Å². The van der Waals surface area contributed by atoms with Gasteiger partial charge in [0.1, 0.15) is 18.2 Å². The summed E-state index contributed by atoms with van der Waals surface area (Å²) in [6.45, 7) is 8.68. The van der Waals surface area contributed by atoms with E-state index in [1.165, 1.54) is 0 Å². The molecule has 6 heteroatoms. The van der Waals surface area contributed by atoms with Crippen LogP contribution in [-0.2, 0) is 16.1 Å². The van der Waals surface area contributed by atoms with Crippen molar-refractivity contribution >= 4 is 11.6 Å². The second-order valence-electron chi connectivity index (χ2n) is 4.16. The molecule has 0 spiro atoms. The molecule has 1 aromatic heterocycles. The fraction of sp³-hybridized carbons (Fsp3) is 0.692. The molecule has 0 amide bonds. The smallest absolute Gasteiger partial charge is 0.158 e. The van der Waals surface area contributed by atoms with Crippen molar-refractivity contribution in [3.05, 3.63) is 11.9 Å². The molecule has 0 aliphatic heterocycles. The van der Waals surface area contributed by atoms with Crippen LogP contribution in [0.1, 0.15) is 26.6 Å². The van der Waals surface area contributed by atoms with E-state index in [1.807, 2.05) is 26.8 Å². The van der Waals surface area contributed by atoms with Crippen molar-refractivity contribution in [1.29, 1.82) is 0 Å². The summed E-state index contributed by atoms with van der Waals surface area (Å²) in [6.07, 6.45) is 0.147. The van der Waals surface area contributed by atoms with Gasteiger partial charge in [0.2, 0.25) is 0 Å². The van der Waals surface area contributed by atoms with Crippen molar-refractivity contribution in [2.75, 3.05) is 37.4 Å². The second-order valence-corrected chi connectivity index (χ2v) is 4.16. The summed E-state index contributed by atoms with van der Waals surface area (Å²) >= 11 is 0. The van der Waals surface area contributed by atoms with Crippen LogP contribution in [0, 0.1) is 0 Å². The molecule has 0 aromatic carbocycles. The molecular weight excluding hydrogens is 244 g/mol. The predicted molar refractivity (Wildman–Crippen MR) is 76.5 cm³/mol. The van der Waals surface area contributed by atoms with Gasteiger partial charge >= 0.3 is 0 Å². The molecule has 0 aliphatic carbocycles. The maximum atomic E-state index is 5.47. The number of methoxy groups -OCH3 is 1. The maximum Gasteiger partial charge on any atom is 0.158 e. The zero-order valence-electron chi connectivity index (χ0n) is 12.2. The lowest BCUT2D eigenvalue weighted by molar-refractivity contribution is 0.0854. The summed E-state index contributed by atoms with van der Waals surface area (Å²) in [5.41, 5.74) is 0. The molecule has 108 valence electrons. The Balaban J connectivity index is 2.69. The Hall–Kier alpha value is -1.40. The molecule has 1 rings (SSSR count). The first-order chi connectivity index (χ1) is 9.19. The monoisotopic (exact) mass is 268 g/mol. The Morgan fingerprint density at radius 3 is 2.47 bits per heavy atom. The quantitative estimate of drug-likeness (QED) is 0.713. The lowest BCUT2D eigenvalue weighted by Crippen LogP contribution is -2.20. The van der Waals surface area contributed by atoms with E-state index in [4.69, 9.17) is 9.47 Å². The van der Waals surface area contributed by atoms with Gasteiger partial charge in [0, 0.05) is 32.9 Å². The zero-order valence-corrected chi connectivity index (χ0v) is 12.2. The first-order valence-electron chi connectivity index (χ1n) is 6.65. The summed E-state index contributed by atoms with van der Waals surface area (Å²) < 4.78 is 10.5. The molecule has 0 saturated heterocycles. The van der Waals surface area contributed by atoms with E-state index < -0.39 is 0 Å². The molecule has 0 aliphatic rings. The van der Waals surface area contributed by atoms with Crippen LogP contribution in [0.5, 0.6) is 0 Å². The highest BCUT2D eigenvalue weighted by Gasteiger charge is 2.06. The van der Waals surface area contributed by atoms with Gasteiger partial charge in [-0.15, -0.1) is 0 Å². The van der Waals surface area contributed by atoms with Crippen molar-refractivity contribution in [1.82, 2.24) is 9.97 Å². The molecular formula is C13H24N4O2. The van der Waals surface area contributed by atoms with E-state index in [9.17, 15) is 0 Å². The average Bonchev–Trinajstić information content (AvgIpc) is 2.37. The largest absolute Gasteiger partial charge is 0.377 e. The van der Waals surface area contributed by atoms with E-state index in [2.05, 4.69) is 20.6 Å². The normalized spacial score (nSPS) is 12.2. The molecule has 19 heavy (non-hydrogen) atoms. The SMILES string of the molecule is CCNc1cc(NCC(C)OCC)nc(COC)n1. The van der Waals surface area contributed by atoms with Gasteiger partial charge < -0.3 is 20.1 Å². The summed E-state index contributed by atoms with van der Waals surface area (Å²) in [5, 5.41) is 6.44. The number of hydrogen-bond acceptors (Lipinski definition) is 6. The highest BCUT2D eigenvalue weighted by Crippen LogP contribution is 2.12. The van der Waals surface area contributed by atoms with Gasteiger partial charge in [0.05, 0.1) is 6.10 Å². The Morgan fingerprint density at radius 1 is 1.21 bits per heavy atom. The summed E-state index contributed by atoms with van der Waals surface area (Å²) in [4.78, 5) is 8.75. The molecule has 1 heterocycles. The van der Waals surface area contributed by atoms with Crippen LogP contribution in [0.3, 0.4) is 0 Å². The van der Waals surface area contributed by atoms with Gasteiger partial charge in [-0.2, -0.15) is 0 Å². The lowest BCUT2D eigenvalue weighted by atomic mass is 10.4. The maximum absolute atomic E-state index is 5.47. The first kappa shape index (κ1) is 15.7. The van der Waals surface area contributed by atoms with Crippen LogP contribution in [0.25, 0.3) is 0 Å². The van der Waals surface area contributed by atoms with Crippen LogP contribution in [0.15, 0.2) is 6.07 Å².